The summed E-state index contributed by atoms with van der Waals surface area (Å²) in [6.07, 6.45) is 1.09. The maximum absolute atomic E-state index is 10.5. The number of ether oxygens (including phenoxy) is 1. The van der Waals surface area contributed by atoms with Gasteiger partial charge < -0.3 is 25.6 Å². The molecule has 4 N–H and O–H groups in total. The largest absolute Gasteiger partial charge is 0.495 e. The topological polar surface area (TPSA) is 107 Å². The van der Waals surface area contributed by atoms with Crippen molar-refractivity contribution in [3.05, 3.63) is 41.9 Å². The van der Waals surface area contributed by atoms with Gasteiger partial charge in [-0.05, 0) is 36.1 Å². The number of nitrogens with zero attached hydrogens (tertiary/aromatic N) is 4. The summed E-state index contributed by atoms with van der Waals surface area (Å²) >= 11 is 1.70. The molecule has 2 atom stereocenters. The number of fused-ring (bicyclic) bond motifs is 2. The maximum Gasteiger partial charge on any atom is 0.154 e. The molecule has 0 spiro atoms. The van der Waals surface area contributed by atoms with Crippen LogP contribution >= 0.6 is 11.3 Å². The van der Waals surface area contributed by atoms with E-state index < -0.39 is 6.10 Å². The molecule has 1 saturated heterocycles. The van der Waals surface area contributed by atoms with Crippen LogP contribution in [0.25, 0.3) is 26.0 Å². The molecule has 0 radical (unpaired) electrons. The second-order valence-electron chi connectivity index (χ2n) is 8.71. The van der Waals surface area contributed by atoms with Gasteiger partial charge in [-0.25, -0.2) is 9.50 Å². The van der Waals surface area contributed by atoms with Crippen molar-refractivity contribution in [3.8, 4) is 16.2 Å². The number of aliphatic hydroxyl groups is 2. The molecule has 3 aromatic heterocycles. The van der Waals surface area contributed by atoms with E-state index in [1.165, 1.54) is 0 Å². The summed E-state index contributed by atoms with van der Waals surface area (Å²) in [7, 11) is 3.57. The molecule has 0 aliphatic carbocycles. The number of β-amino-alcohol motifs (C(OH)–C–C–N with tert-alkyl or cyclic N) is 1. The first-order chi connectivity index (χ1) is 16.5. The van der Waals surface area contributed by atoms with Crippen LogP contribution in [0, 0.1) is 6.92 Å². The van der Waals surface area contributed by atoms with E-state index >= 15 is 0 Å². The van der Waals surface area contributed by atoms with Crippen molar-refractivity contribution in [2.75, 3.05) is 45.7 Å². The Labute approximate surface area is 202 Å². The summed E-state index contributed by atoms with van der Waals surface area (Å²) in [5.41, 5.74) is 4.18. The second kappa shape index (κ2) is 9.47. The van der Waals surface area contributed by atoms with Crippen molar-refractivity contribution in [2.24, 2.45) is 0 Å². The minimum Gasteiger partial charge on any atom is -0.495 e. The number of aliphatic hydroxyl groups excluding tert-OH is 2. The van der Waals surface area contributed by atoms with Crippen molar-refractivity contribution in [1.82, 2.24) is 24.8 Å². The lowest BCUT2D eigenvalue weighted by atomic mass is 10.1. The van der Waals surface area contributed by atoms with E-state index in [1.54, 1.807) is 24.8 Å². The Hall–Kier alpha value is -2.76. The standard InChI is InChI=1S/C24H30N6O3S/c1-14-6-15-8-21(34-23(15)20(7-14)33-3)17-9-16(30-22(17)24(25-2)27-13-28-30)10-29-11-18(19(32)12-29)26-4-5-31/h6-9,13,18-19,26,31-32H,4-5,10-12H2,1-3H3,(H,25,27,28). The number of anilines is 1. The molecule has 9 nitrogen and oxygen atoms in total. The number of aryl methyl sites for hydroxylation is 1. The Kier molecular flexibility index (Phi) is 6.41. The Morgan fingerprint density at radius 1 is 1.24 bits per heavy atom. The molecule has 0 amide bonds. The quantitative estimate of drug-likeness (QED) is 0.303. The number of thiophene rings is 1. The zero-order valence-electron chi connectivity index (χ0n) is 19.6. The fourth-order valence-corrected chi connectivity index (χ4v) is 5.97. The van der Waals surface area contributed by atoms with Gasteiger partial charge in [0.05, 0.1) is 30.2 Å². The van der Waals surface area contributed by atoms with Crippen LogP contribution in [0.4, 0.5) is 5.82 Å². The van der Waals surface area contributed by atoms with Crippen LogP contribution in [-0.2, 0) is 6.54 Å². The van der Waals surface area contributed by atoms with Gasteiger partial charge in [-0.2, -0.15) is 5.10 Å². The number of rotatable bonds is 8. The average Bonchev–Trinajstić information content (AvgIpc) is 3.52. The van der Waals surface area contributed by atoms with Crippen LogP contribution < -0.4 is 15.4 Å². The van der Waals surface area contributed by atoms with E-state index in [-0.39, 0.29) is 12.6 Å². The van der Waals surface area contributed by atoms with Gasteiger partial charge in [0.2, 0.25) is 0 Å². The molecule has 1 aromatic carbocycles. The zero-order chi connectivity index (χ0) is 23.8. The fraction of sp³-hybridized carbons (Fsp3) is 0.417. The minimum atomic E-state index is -0.474. The number of hydrogen-bond donors (Lipinski definition) is 4. The van der Waals surface area contributed by atoms with Crippen molar-refractivity contribution >= 4 is 32.8 Å². The smallest absolute Gasteiger partial charge is 0.154 e. The highest BCUT2D eigenvalue weighted by Crippen LogP contribution is 2.42. The minimum absolute atomic E-state index is 0.0547. The third kappa shape index (κ3) is 4.12. The van der Waals surface area contributed by atoms with Crippen LogP contribution in [0.1, 0.15) is 11.3 Å². The predicted molar refractivity (Wildman–Crippen MR) is 135 cm³/mol. The maximum atomic E-state index is 10.5. The Morgan fingerprint density at radius 2 is 2.09 bits per heavy atom. The van der Waals surface area contributed by atoms with E-state index in [1.807, 2.05) is 11.6 Å². The van der Waals surface area contributed by atoms with Crippen molar-refractivity contribution < 1.29 is 14.9 Å². The van der Waals surface area contributed by atoms with Gasteiger partial charge >= 0.3 is 0 Å². The van der Waals surface area contributed by atoms with Gasteiger partial charge in [-0.3, -0.25) is 4.90 Å². The summed E-state index contributed by atoms with van der Waals surface area (Å²) < 4.78 is 8.71. The molecule has 2 unspecified atom stereocenters. The molecule has 0 bridgehead atoms. The highest BCUT2D eigenvalue weighted by Gasteiger charge is 2.31. The number of hydrogen-bond acceptors (Lipinski definition) is 9. The van der Waals surface area contributed by atoms with Gasteiger partial charge in [0.1, 0.15) is 17.6 Å². The lowest BCUT2D eigenvalue weighted by Crippen LogP contribution is -2.40. The molecule has 0 saturated carbocycles. The monoisotopic (exact) mass is 482 g/mol. The lowest BCUT2D eigenvalue weighted by molar-refractivity contribution is 0.150. The van der Waals surface area contributed by atoms with Crippen molar-refractivity contribution in [1.29, 1.82) is 0 Å². The summed E-state index contributed by atoms with van der Waals surface area (Å²) in [5.74, 6) is 1.65. The molecule has 10 heteroatoms. The second-order valence-corrected chi connectivity index (χ2v) is 9.76. The molecular formula is C24H30N6O3S. The summed E-state index contributed by atoms with van der Waals surface area (Å²) in [6.45, 7) is 4.51. The van der Waals surface area contributed by atoms with Crippen LogP contribution in [0.3, 0.4) is 0 Å². The van der Waals surface area contributed by atoms with Crippen molar-refractivity contribution in [3.63, 3.8) is 0 Å². The van der Waals surface area contributed by atoms with E-state index in [0.717, 1.165) is 48.9 Å². The van der Waals surface area contributed by atoms with Crippen LogP contribution in [-0.4, -0.2) is 82.3 Å². The van der Waals surface area contributed by atoms with Crippen LogP contribution in [0.15, 0.2) is 30.6 Å². The molecule has 5 rings (SSSR count). The SMILES string of the molecule is CNc1ncnn2c(CN3CC(O)C(NCCO)C3)cc(-c3cc4cc(C)cc(OC)c4s3)c12. The highest BCUT2D eigenvalue weighted by molar-refractivity contribution is 7.22. The molecule has 1 aliphatic heterocycles. The molecule has 1 aliphatic rings. The third-order valence-electron chi connectivity index (χ3n) is 6.35. The van der Waals surface area contributed by atoms with Gasteiger partial charge in [-0.1, -0.05) is 6.07 Å². The number of likely N-dealkylation sites (tertiary alicyclic amines) is 1. The lowest BCUT2D eigenvalue weighted by Gasteiger charge is -2.16. The first-order valence-electron chi connectivity index (χ1n) is 11.4. The first kappa shape index (κ1) is 23.0. The Bertz CT molecular complexity index is 1320. The number of aromatic nitrogens is 3. The molecule has 34 heavy (non-hydrogen) atoms. The summed E-state index contributed by atoms with van der Waals surface area (Å²) in [6, 6.07) is 8.57. The number of methoxy groups -OCH3 is 1. The molecule has 4 heterocycles. The molecule has 1 fully saturated rings. The normalized spacial score (nSPS) is 18.9. The fourth-order valence-electron chi connectivity index (χ4n) is 4.82. The average molecular weight is 483 g/mol. The number of nitrogens with one attached hydrogen (secondary N) is 2. The van der Waals surface area contributed by atoms with Gasteiger partial charge in [0.25, 0.3) is 0 Å². The van der Waals surface area contributed by atoms with E-state index in [9.17, 15) is 5.11 Å². The Balaban J connectivity index is 1.56. The molecule has 4 aromatic rings. The summed E-state index contributed by atoms with van der Waals surface area (Å²) in [4.78, 5) is 7.80. The van der Waals surface area contributed by atoms with Gasteiger partial charge in [0.15, 0.2) is 5.82 Å². The molecular weight excluding hydrogens is 452 g/mol. The van der Waals surface area contributed by atoms with E-state index in [4.69, 9.17) is 9.84 Å². The van der Waals surface area contributed by atoms with E-state index in [2.05, 4.69) is 56.8 Å². The van der Waals surface area contributed by atoms with Crippen LogP contribution in [0.2, 0.25) is 0 Å². The number of benzene rings is 1. The van der Waals surface area contributed by atoms with Crippen LogP contribution in [0.5, 0.6) is 5.75 Å². The Morgan fingerprint density at radius 3 is 2.85 bits per heavy atom. The van der Waals surface area contributed by atoms with Crippen molar-refractivity contribution in [2.45, 2.75) is 25.6 Å². The first-order valence-corrected chi connectivity index (χ1v) is 12.2. The van der Waals surface area contributed by atoms with Gasteiger partial charge in [-0.15, -0.1) is 11.3 Å². The van der Waals surface area contributed by atoms with E-state index in [0.29, 0.717) is 26.2 Å². The predicted octanol–water partition coefficient (Wildman–Crippen LogP) is 2.10. The van der Waals surface area contributed by atoms with Gasteiger partial charge in [0, 0.05) is 49.7 Å². The highest BCUT2D eigenvalue weighted by atomic mass is 32.1. The zero-order valence-corrected chi connectivity index (χ0v) is 20.4. The third-order valence-corrected chi connectivity index (χ3v) is 7.54. The summed E-state index contributed by atoms with van der Waals surface area (Å²) in [5, 5.41) is 31.7. The molecule has 180 valence electrons.